The number of carbonyl (C=O) groups excluding carboxylic acids is 1. The molecule has 0 aliphatic carbocycles. The molecule has 1 aliphatic rings. The number of nitrogens with zero attached hydrogens (tertiary/aromatic N) is 3. The van der Waals surface area contributed by atoms with Crippen molar-refractivity contribution in [2.45, 2.75) is 25.7 Å². The van der Waals surface area contributed by atoms with Crippen LogP contribution in [0.15, 0.2) is 53.1 Å². The number of piperidine rings is 1. The minimum atomic E-state index is 0.0404. The molecule has 1 fully saturated rings. The number of rotatable bonds is 3. The predicted molar refractivity (Wildman–Crippen MR) is 104 cm³/mol. The second kappa shape index (κ2) is 7.53. The molecule has 1 amide bonds. The van der Waals surface area contributed by atoms with Gasteiger partial charge in [0.2, 0.25) is 0 Å². The molecule has 0 saturated carbocycles. The van der Waals surface area contributed by atoms with E-state index >= 15 is 0 Å². The third-order valence-electron chi connectivity index (χ3n) is 4.95. The molecule has 4 rings (SSSR count). The van der Waals surface area contributed by atoms with Gasteiger partial charge >= 0.3 is 0 Å². The van der Waals surface area contributed by atoms with E-state index in [9.17, 15) is 4.79 Å². The quantitative estimate of drug-likeness (QED) is 0.658. The third-order valence-corrected chi connectivity index (χ3v) is 5.20. The van der Waals surface area contributed by atoms with E-state index in [1.165, 1.54) is 0 Å². The van der Waals surface area contributed by atoms with E-state index in [-0.39, 0.29) is 11.8 Å². The summed E-state index contributed by atoms with van der Waals surface area (Å²) in [5, 5.41) is 4.81. The topological polar surface area (TPSA) is 59.2 Å². The molecule has 2 heterocycles. The maximum absolute atomic E-state index is 12.6. The number of hydrogen-bond acceptors (Lipinski definition) is 4. The fourth-order valence-electron chi connectivity index (χ4n) is 3.41. The summed E-state index contributed by atoms with van der Waals surface area (Å²) in [5.74, 6) is 1.53. The molecule has 0 atom stereocenters. The van der Waals surface area contributed by atoms with Gasteiger partial charge < -0.3 is 9.42 Å². The lowest BCUT2D eigenvalue weighted by atomic mass is 9.95. The van der Waals surface area contributed by atoms with E-state index in [2.05, 4.69) is 10.1 Å². The van der Waals surface area contributed by atoms with Crippen molar-refractivity contribution in [1.29, 1.82) is 0 Å². The van der Waals surface area contributed by atoms with Crippen LogP contribution < -0.4 is 0 Å². The Morgan fingerprint density at radius 1 is 1.15 bits per heavy atom. The van der Waals surface area contributed by atoms with Crippen LogP contribution in [0.1, 0.15) is 40.5 Å². The zero-order valence-electron chi connectivity index (χ0n) is 15.1. The third kappa shape index (κ3) is 3.88. The first kappa shape index (κ1) is 17.7. The second-order valence-corrected chi connectivity index (χ2v) is 7.34. The Morgan fingerprint density at radius 3 is 2.59 bits per heavy atom. The molecule has 0 unspecified atom stereocenters. The molecule has 1 saturated heterocycles. The molecule has 5 nitrogen and oxygen atoms in total. The first-order valence-electron chi connectivity index (χ1n) is 9.05. The molecule has 3 aromatic rings. The normalized spacial score (nSPS) is 15.1. The van der Waals surface area contributed by atoms with Gasteiger partial charge in [0.05, 0.1) is 0 Å². The van der Waals surface area contributed by atoms with Crippen LogP contribution in [0, 0.1) is 6.92 Å². The first-order valence-corrected chi connectivity index (χ1v) is 9.43. The highest BCUT2D eigenvalue weighted by atomic mass is 35.5. The van der Waals surface area contributed by atoms with Gasteiger partial charge in [-0.1, -0.05) is 34.5 Å². The molecular weight excluding hydrogens is 362 g/mol. The van der Waals surface area contributed by atoms with Gasteiger partial charge in [-0.05, 0) is 56.2 Å². The van der Waals surface area contributed by atoms with Gasteiger partial charge in [0.25, 0.3) is 11.8 Å². The Balaban J connectivity index is 1.41. The van der Waals surface area contributed by atoms with Gasteiger partial charge in [-0.3, -0.25) is 4.79 Å². The van der Waals surface area contributed by atoms with Gasteiger partial charge in [-0.25, -0.2) is 0 Å². The summed E-state index contributed by atoms with van der Waals surface area (Å²) < 4.78 is 5.46. The Hall–Kier alpha value is -2.66. The fourth-order valence-corrected chi connectivity index (χ4v) is 3.54. The van der Waals surface area contributed by atoms with Crippen molar-refractivity contribution in [1.82, 2.24) is 15.0 Å². The van der Waals surface area contributed by atoms with Crippen LogP contribution in [-0.2, 0) is 0 Å². The van der Waals surface area contributed by atoms with Gasteiger partial charge in [0, 0.05) is 35.2 Å². The van der Waals surface area contributed by atoms with Gasteiger partial charge in [-0.15, -0.1) is 0 Å². The van der Waals surface area contributed by atoms with E-state index in [0.717, 1.165) is 29.8 Å². The summed E-state index contributed by atoms with van der Waals surface area (Å²) in [7, 11) is 0. The largest absolute Gasteiger partial charge is 0.339 e. The standard InChI is InChI=1S/C21H20ClN3O2/c1-14-3-2-4-17(13-14)20-23-19(24-27-20)15-9-11-25(12-10-15)21(26)16-5-7-18(22)8-6-16/h2-8,13,15H,9-12H2,1H3. The Bertz CT molecular complexity index is 944. The number of aryl methyl sites for hydroxylation is 1. The lowest BCUT2D eigenvalue weighted by Crippen LogP contribution is -2.38. The van der Waals surface area contributed by atoms with Gasteiger partial charge in [0.1, 0.15) is 0 Å². The number of likely N-dealkylation sites (tertiary alicyclic amines) is 1. The van der Waals surface area contributed by atoms with Gasteiger partial charge in [-0.2, -0.15) is 4.98 Å². The average molecular weight is 382 g/mol. The molecule has 1 aromatic heterocycles. The lowest BCUT2D eigenvalue weighted by Gasteiger charge is -2.30. The van der Waals surface area contributed by atoms with E-state index in [1.54, 1.807) is 24.3 Å². The Kier molecular flexibility index (Phi) is 4.94. The Labute approximate surface area is 163 Å². The zero-order valence-corrected chi connectivity index (χ0v) is 15.8. The molecule has 0 N–H and O–H groups in total. The molecule has 0 spiro atoms. The fraction of sp³-hybridized carbons (Fsp3) is 0.286. The number of halogens is 1. The van der Waals surface area contributed by atoms with Gasteiger partial charge in [0.15, 0.2) is 5.82 Å². The number of aromatic nitrogens is 2. The van der Waals surface area contributed by atoms with E-state index in [1.807, 2.05) is 36.1 Å². The Morgan fingerprint density at radius 2 is 1.89 bits per heavy atom. The van der Waals surface area contributed by atoms with Crippen molar-refractivity contribution in [3.63, 3.8) is 0 Å². The summed E-state index contributed by atoms with van der Waals surface area (Å²) in [5.41, 5.74) is 2.75. The van der Waals surface area contributed by atoms with Crippen molar-refractivity contribution in [2.24, 2.45) is 0 Å². The van der Waals surface area contributed by atoms with Crippen molar-refractivity contribution in [3.05, 3.63) is 70.5 Å². The zero-order chi connectivity index (χ0) is 18.8. The SMILES string of the molecule is Cc1cccc(-c2nc(C3CCN(C(=O)c4ccc(Cl)cc4)CC3)no2)c1. The summed E-state index contributed by atoms with van der Waals surface area (Å²) in [6.07, 6.45) is 1.65. The first-order chi connectivity index (χ1) is 13.1. The summed E-state index contributed by atoms with van der Waals surface area (Å²) in [6.45, 7) is 3.40. The van der Waals surface area contributed by atoms with Crippen LogP contribution in [0.3, 0.4) is 0 Å². The molecule has 27 heavy (non-hydrogen) atoms. The maximum Gasteiger partial charge on any atom is 0.257 e. The van der Waals surface area contributed by atoms with E-state index in [4.69, 9.17) is 16.1 Å². The second-order valence-electron chi connectivity index (χ2n) is 6.90. The van der Waals surface area contributed by atoms with Crippen molar-refractivity contribution < 1.29 is 9.32 Å². The number of hydrogen-bond donors (Lipinski definition) is 0. The highest BCUT2D eigenvalue weighted by molar-refractivity contribution is 6.30. The molecule has 1 aliphatic heterocycles. The van der Waals surface area contributed by atoms with Crippen molar-refractivity contribution >= 4 is 17.5 Å². The molecular formula is C21H20ClN3O2. The number of benzene rings is 2. The van der Waals surface area contributed by atoms with Crippen LogP contribution >= 0.6 is 11.6 Å². The number of amides is 1. The predicted octanol–water partition coefficient (Wildman–Crippen LogP) is 4.72. The maximum atomic E-state index is 12.6. The highest BCUT2D eigenvalue weighted by Gasteiger charge is 2.27. The van der Waals surface area contributed by atoms with Crippen LogP contribution in [0.5, 0.6) is 0 Å². The van der Waals surface area contributed by atoms with Crippen LogP contribution in [-0.4, -0.2) is 34.0 Å². The summed E-state index contributed by atoms with van der Waals surface area (Å²) in [4.78, 5) is 19.1. The van der Waals surface area contributed by atoms with Crippen molar-refractivity contribution in [3.8, 4) is 11.5 Å². The molecule has 0 radical (unpaired) electrons. The minimum absolute atomic E-state index is 0.0404. The number of carbonyl (C=O) groups is 1. The van der Waals surface area contributed by atoms with Crippen LogP contribution in [0.25, 0.3) is 11.5 Å². The monoisotopic (exact) mass is 381 g/mol. The molecule has 0 bridgehead atoms. The molecule has 6 heteroatoms. The minimum Gasteiger partial charge on any atom is -0.339 e. The van der Waals surface area contributed by atoms with Crippen molar-refractivity contribution in [2.75, 3.05) is 13.1 Å². The highest BCUT2D eigenvalue weighted by Crippen LogP contribution is 2.29. The van der Waals surface area contributed by atoms with Crippen LogP contribution in [0.4, 0.5) is 0 Å². The molecule has 138 valence electrons. The summed E-state index contributed by atoms with van der Waals surface area (Å²) >= 11 is 5.90. The van der Waals surface area contributed by atoms with E-state index in [0.29, 0.717) is 29.6 Å². The molecule has 2 aromatic carbocycles. The van der Waals surface area contributed by atoms with Crippen LogP contribution in [0.2, 0.25) is 5.02 Å². The smallest absolute Gasteiger partial charge is 0.257 e. The lowest BCUT2D eigenvalue weighted by molar-refractivity contribution is 0.0710. The average Bonchev–Trinajstić information content (AvgIpc) is 3.18. The van der Waals surface area contributed by atoms with E-state index < -0.39 is 0 Å². The summed E-state index contributed by atoms with van der Waals surface area (Å²) in [6, 6.07) is 15.0.